The predicted molar refractivity (Wildman–Crippen MR) is 104 cm³/mol. The van der Waals surface area contributed by atoms with Crippen molar-refractivity contribution in [2.75, 3.05) is 13.7 Å². The van der Waals surface area contributed by atoms with Gasteiger partial charge in [0.1, 0.15) is 5.76 Å². The van der Waals surface area contributed by atoms with Crippen molar-refractivity contribution in [1.82, 2.24) is 4.90 Å². The Hall–Kier alpha value is -1.79. The molecule has 5 fully saturated rings. The number of cyclic esters (lactones) is 1. The van der Waals surface area contributed by atoms with Gasteiger partial charge in [-0.2, -0.15) is 0 Å². The van der Waals surface area contributed by atoms with Crippen molar-refractivity contribution in [3.8, 4) is 0 Å². The van der Waals surface area contributed by atoms with Crippen molar-refractivity contribution in [3.05, 3.63) is 35.0 Å². The van der Waals surface area contributed by atoms with Crippen LogP contribution in [0.2, 0.25) is 0 Å². The maximum atomic E-state index is 12.2. The normalized spacial score (nSPS) is 49.9. The van der Waals surface area contributed by atoms with Crippen LogP contribution in [-0.2, 0) is 23.7 Å². The molecule has 5 saturated heterocycles. The lowest BCUT2D eigenvalue weighted by molar-refractivity contribution is -0.317. The molecule has 7 atom stereocenters. The Balaban J connectivity index is 1.47. The molecule has 6 heteroatoms. The lowest BCUT2D eigenvalue weighted by Gasteiger charge is -2.54. The van der Waals surface area contributed by atoms with Crippen molar-refractivity contribution in [2.24, 2.45) is 17.8 Å². The number of carbonyl (C=O) groups is 1. The number of carbonyl (C=O) groups excluding carboxylic acids is 1. The minimum atomic E-state index is -0.605. The van der Waals surface area contributed by atoms with Crippen LogP contribution in [0.15, 0.2) is 35.0 Å². The fourth-order valence-electron chi connectivity index (χ4n) is 7.25. The first-order valence-corrected chi connectivity index (χ1v) is 11.0. The molecule has 0 radical (unpaired) electrons. The third-order valence-electron chi connectivity index (χ3n) is 8.35. The van der Waals surface area contributed by atoms with Crippen molar-refractivity contribution < 1.29 is 23.7 Å². The zero-order valence-corrected chi connectivity index (χ0v) is 17.6. The summed E-state index contributed by atoms with van der Waals surface area (Å²) in [5.41, 5.74) is 0.530. The van der Waals surface area contributed by atoms with E-state index in [4.69, 9.17) is 18.9 Å². The van der Waals surface area contributed by atoms with Gasteiger partial charge in [-0.1, -0.05) is 26.0 Å². The number of piperidine rings is 1. The van der Waals surface area contributed by atoms with Gasteiger partial charge in [-0.3, -0.25) is 4.90 Å². The summed E-state index contributed by atoms with van der Waals surface area (Å²) in [6.45, 7) is 7.24. The molecule has 0 saturated carbocycles. The van der Waals surface area contributed by atoms with E-state index in [0.29, 0.717) is 29.1 Å². The summed E-state index contributed by atoms with van der Waals surface area (Å²) in [6.07, 6.45) is 9.17. The minimum absolute atomic E-state index is 0.0313. The fourth-order valence-corrected chi connectivity index (χ4v) is 7.25. The zero-order valence-electron chi connectivity index (χ0n) is 17.6. The quantitative estimate of drug-likeness (QED) is 0.536. The van der Waals surface area contributed by atoms with Crippen LogP contribution < -0.4 is 0 Å². The molecule has 0 N–H and O–H groups in total. The Morgan fingerprint density at radius 3 is 2.97 bits per heavy atom. The summed E-state index contributed by atoms with van der Waals surface area (Å²) in [5, 5.41) is 0. The van der Waals surface area contributed by atoms with E-state index in [1.165, 1.54) is 0 Å². The van der Waals surface area contributed by atoms with Crippen molar-refractivity contribution in [3.63, 3.8) is 0 Å². The van der Waals surface area contributed by atoms with Crippen LogP contribution in [0.4, 0.5) is 0 Å². The van der Waals surface area contributed by atoms with Crippen LogP contribution in [0.25, 0.3) is 0 Å². The molecule has 6 rings (SSSR count). The standard InChI is InChI=1S/C23H29NO5/c1-5-6-8-22-11-14-7-9-24(22)15-10-16(22)28-23(14)17(15)12(2)19(29-23)20-18(26-4)13(3)21(25)27-20/h6,8,12,14-17H,5,7,9-11H2,1-4H3/b8-6+,20-19-/t12-,14+,15-,16-,17+,22-,23+/m0/s1. The first-order chi connectivity index (χ1) is 14.0. The summed E-state index contributed by atoms with van der Waals surface area (Å²) in [6, 6.07) is 0.434. The number of rotatable bonds is 3. The second-order valence-corrected chi connectivity index (χ2v) is 9.47. The van der Waals surface area contributed by atoms with Crippen LogP contribution in [0.3, 0.4) is 0 Å². The van der Waals surface area contributed by atoms with E-state index in [-0.39, 0.29) is 29.4 Å². The lowest BCUT2D eigenvalue weighted by atomic mass is 9.66. The van der Waals surface area contributed by atoms with Crippen molar-refractivity contribution in [2.45, 2.75) is 69.9 Å². The topological polar surface area (TPSA) is 57.2 Å². The minimum Gasteiger partial charge on any atom is -0.492 e. The molecule has 6 nitrogen and oxygen atoms in total. The smallest absolute Gasteiger partial charge is 0.343 e. The average molecular weight is 399 g/mol. The molecule has 0 unspecified atom stereocenters. The van der Waals surface area contributed by atoms with E-state index in [1.807, 2.05) is 0 Å². The predicted octanol–water partition coefficient (Wildman–Crippen LogP) is 3.26. The van der Waals surface area contributed by atoms with Gasteiger partial charge in [0.25, 0.3) is 0 Å². The van der Waals surface area contributed by atoms with Crippen LogP contribution in [0.5, 0.6) is 0 Å². The fraction of sp³-hybridized carbons (Fsp3) is 0.696. The van der Waals surface area contributed by atoms with Gasteiger partial charge in [0.05, 0.1) is 30.2 Å². The van der Waals surface area contributed by atoms with E-state index in [1.54, 1.807) is 14.0 Å². The molecule has 29 heavy (non-hydrogen) atoms. The van der Waals surface area contributed by atoms with Gasteiger partial charge in [0, 0.05) is 17.9 Å². The first kappa shape index (κ1) is 18.0. The highest BCUT2D eigenvalue weighted by atomic mass is 16.7. The Bertz CT molecular complexity index is 890. The number of allylic oxidation sites excluding steroid dienone is 2. The summed E-state index contributed by atoms with van der Waals surface area (Å²) >= 11 is 0. The molecule has 6 heterocycles. The van der Waals surface area contributed by atoms with Gasteiger partial charge in [-0.05, 0) is 39.2 Å². The van der Waals surface area contributed by atoms with E-state index in [0.717, 1.165) is 38.0 Å². The van der Waals surface area contributed by atoms with Gasteiger partial charge in [0.2, 0.25) is 11.5 Å². The molecular formula is C23H29NO5. The second kappa shape index (κ2) is 5.67. The molecule has 5 bridgehead atoms. The van der Waals surface area contributed by atoms with Crippen LogP contribution in [-0.4, -0.2) is 48.0 Å². The molecule has 156 valence electrons. The van der Waals surface area contributed by atoms with Gasteiger partial charge >= 0.3 is 5.97 Å². The molecule has 1 spiro atoms. The van der Waals surface area contributed by atoms with E-state index in [9.17, 15) is 4.79 Å². The monoisotopic (exact) mass is 399 g/mol. The highest BCUT2D eigenvalue weighted by Gasteiger charge is 2.77. The largest absolute Gasteiger partial charge is 0.492 e. The van der Waals surface area contributed by atoms with Crippen LogP contribution in [0, 0.1) is 17.8 Å². The van der Waals surface area contributed by atoms with E-state index in [2.05, 4.69) is 30.9 Å². The van der Waals surface area contributed by atoms with Crippen molar-refractivity contribution in [1.29, 1.82) is 0 Å². The van der Waals surface area contributed by atoms with E-state index >= 15 is 0 Å². The van der Waals surface area contributed by atoms with Crippen LogP contribution >= 0.6 is 0 Å². The molecule has 0 aliphatic carbocycles. The lowest BCUT2D eigenvalue weighted by Crippen LogP contribution is -2.63. The summed E-state index contributed by atoms with van der Waals surface area (Å²) in [7, 11) is 1.58. The molecule has 0 amide bonds. The molecule has 0 aromatic carbocycles. The Labute approximate surface area is 171 Å². The number of fused-ring (bicyclic) bond motifs is 4. The van der Waals surface area contributed by atoms with Gasteiger partial charge in [-0.15, -0.1) is 0 Å². The summed E-state index contributed by atoms with van der Waals surface area (Å²) < 4.78 is 24.7. The van der Waals surface area contributed by atoms with Crippen LogP contribution in [0.1, 0.15) is 46.5 Å². The third-order valence-corrected chi connectivity index (χ3v) is 8.35. The van der Waals surface area contributed by atoms with Gasteiger partial charge in [0.15, 0.2) is 5.76 Å². The molecule has 0 aromatic rings. The highest BCUT2D eigenvalue weighted by Crippen LogP contribution is 2.68. The first-order valence-electron chi connectivity index (χ1n) is 11.0. The SMILES string of the molecule is CC/C=C/[C@@]12C[C@H]3CCN1[C@H]1C[C@@H]2O[C@@]32O/C(=C3\OC(=O)C(C)=C3OC)[C@@H](C)[C@H]12. The summed E-state index contributed by atoms with van der Waals surface area (Å²) in [5.74, 6) is 1.42. The molecular weight excluding hydrogens is 370 g/mol. The van der Waals surface area contributed by atoms with Crippen molar-refractivity contribution >= 4 is 5.97 Å². The molecule has 0 aromatic heterocycles. The number of hydrogen-bond acceptors (Lipinski definition) is 6. The second-order valence-electron chi connectivity index (χ2n) is 9.47. The maximum absolute atomic E-state index is 12.2. The average Bonchev–Trinajstić information content (AvgIpc) is 3.25. The Kier molecular flexibility index (Phi) is 3.52. The van der Waals surface area contributed by atoms with Gasteiger partial charge < -0.3 is 18.9 Å². The Morgan fingerprint density at radius 1 is 1.38 bits per heavy atom. The number of esters is 1. The highest BCUT2D eigenvalue weighted by molar-refractivity contribution is 5.93. The maximum Gasteiger partial charge on any atom is 0.343 e. The molecule has 6 aliphatic rings. The number of methoxy groups -OCH3 is 1. The number of ether oxygens (including phenoxy) is 4. The zero-order chi connectivity index (χ0) is 20.1. The summed E-state index contributed by atoms with van der Waals surface area (Å²) in [4.78, 5) is 14.9. The van der Waals surface area contributed by atoms with Gasteiger partial charge in [-0.25, -0.2) is 4.79 Å². The Morgan fingerprint density at radius 2 is 2.21 bits per heavy atom. The number of nitrogens with zero attached hydrogens (tertiary/aromatic N) is 1. The number of hydrogen-bond donors (Lipinski definition) is 0. The molecule has 6 aliphatic heterocycles. The third kappa shape index (κ3) is 1.93. The van der Waals surface area contributed by atoms with E-state index < -0.39 is 5.79 Å².